The molecule has 0 bridgehead atoms. The molecule has 5 rings (SSSR count). The highest BCUT2D eigenvalue weighted by molar-refractivity contribution is 5.74. The lowest BCUT2D eigenvalue weighted by atomic mass is 9.93. The third-order valence-electron chi connectivity index (χ3n) is 5.96. The number of anilines is 2. The highest BCUT2D eigenvalue weighted by atomic mass is 15.4. The van der Waals surface area contributed by atoms with E-state index in [1.165, 1.54) is 22.4 Å². The molecule has 3 heterocycles. The third kappa shape index (κ3) is 3.56. The quantitative estimate of drug-likeness (QED) is 0.541. The van der Waals surface area contributed by atoms with Crippen molar-refractivity contribution in [2.75, 3.05) is 24.3 Å². The van der Waals surface area contributed by atoms with Crippen molar-refractivity contribution in [2.24, 2.45) is 7.05 Å². The largest absolute Gasteiger partial charge is 0.378 e. The molecule has 0 saturated carbocycles. The van der Waals surface area contributed by atoms with Crippen LogP contribution >= 0.6 is 0 Å². The molecule has 0 amide bonds. The minimum Gasteiger partial charge on any atom is -0.378 e. The number of benzene rings is 2. The van der Waals surface area contributed by atoms with Crippen LogP contribution in [0.2, 0.25) is 0 Å². The van der Waals surface area contributed by atoms with Crippen LogP contribution in [-0.2, 0) is 13.6 Å². The van der Waals surface area contributed by atoms with Gasteiger partial charge in [0.1, 0.15) is 0 Å². The third-order valence-corrected chi connectivity index (χ3v) is 5.96. The molecule has 1 aliphatic rings. The Kier molecular flexibility index (Phi) is 4.73. The second-order valence-electron chi connectivity index (χ2n) is 8.38. The van der Waals surface area contributed by atoms with E-state index in [0.29, 0.717) is 0 Å². The second kappa shape index (κ2) is 7.58. The SMILES string of the molecule is Cc1nnn2c1-c1ccc(-c3cnn(C)c3)cc1C(Nc1cccc(N(C)C)c1)CC2. The molecule has 0 fully saturated rings. The summed E-state index contributed by atoms with van der Waals surface area (Å²) in [5.74, 6) is 0. The zero-order valence-corrected chi connectivity index (χ0v) is 18.4. The Bertz CT molecular complexity index is 1230. The zero-order chi connectivity index (χ0) is 21.5. The van der Waals surface area contributed by atoms with E-state index in [1.807, 2.05) is 29.5 Å². The number of nitrogens with one attached hydrogen (secondary N) is 1. The van der Waals surface area contributed by atoms with Gasteiger partial charge in [0.15, 0.2) is 0 Å². The number of aromatic nitrogens is 5. The van der Waals surface area contributed by atoms with E-state index in [9.17, 15) is 0 Å². The number of hydrogen-bond acceptors (Lipinski definition) is 5. The molecule has 7 nitrogen and oxygen atoms in total. The van der Waals surface area contributed by atoms with Gasteiger partial charge in [-0.2, -0.15) is 5.10 Å². The lowest BCUT2D eigenvalue weighted by Gasteiger charge is -2.22. The van der Waals surface area contributed by atoms with Crippen LogP contribution in [0.5, 0.6) is 0 Å². The normalized spacial score (nSPS) is 15.2. The molecule has 7 heteroatoms. The van der Waals surface area contributed by atoms with Crippen molar-refractivity contribution in [3.05, 3.63) is 66.1 Å². The minimum absolute atomic E-state index is 0.158. The summed E-state index contributed by atoms with van der Waals surface area (Å²) in [6.45, 7) is 2.85. The first-order valence-electron chi connectivity index (χ1n) is 10.6. The summed E-state index contributed by atoms with van der Waals surface area (Å²) < 4.78 is 3.88. The predicted molar refractivity (Wildman–Crippen MR) is 124 cm³/mol. The maximum Gasteiger partial charge on any atom is 0.0918 e. The number of rotatable bonds is 4. The first-order chi connectivity index (χ1) is 15.0. The van der Waals surface area contributed by atoms with E-state index in [4.69, 9.17) is 0 Å². The molecule has 0 radical (unpaired) electrons. The maximum absolute atomic E-state index is 4.40. The topological polar surface area (TPSA) is 63.8 Å². The van der Waals surface area contributed by atoms with Crippen molar-refractivity contribution in [3.63, 3.8) is 0 Å². The number of fused-ring (bicyclic) bond motifs is 3. The van der Waals surface area contributed by atoms with Crippen LogP contribution in [0.3, 0.4) is 0 Å². The van der Waals surface area contributed by atoms with Crippen LogP contribution in [0, 0.1) is 6.92 Å². The number of hydrogen-bond donors (Lipinski definition) is 1. The fourth-order valence-electron chi connectivity index (χ4n) is 4.34. The van der Waals surface area contributed by atoms with E-state index >= 15 is 0 Å². The van der Waals surface area contributed by atoms with Gasteiger partial charge in [-0.05, 0) is 48.7 Å². The molecule has 2 aromatic heterocycles. The molecular weight excluding hydrogens is 386 g/mol. The molecule has 0 spiro atoms. The second-order valence-corrected chi connectivity index (χ2v) is 8.38. The van der Waals surface area contributed by atoms with E-state index < -0.39 is 0 Å². The van der Waals surface area contributed by atoms with E-state index in [2.05, 4.69) is 88.4 Å². The molecule has 0 aliphatic carbocycles. The monoisotopic (exact) mass is 413 g/mol. The minimum atomic E-state index is 0.158. The van der Waals surface area contributed by atoms with Gasteiger partial charge in [0.2, 0.25) is 0 Å². The smallest absolute Gasteiger partial charge is 0.0918 e. The number of nitrogens with zero attached hydrogens (tertiary/aromatic N) is 6. The van der Waals surface area contributed by atoms with Crippen LogP contribution in [0.25, 0.3) is 22.4 Å². The van der Waals surface area contributed by atoms with Crippen molar-refractivity contribution in [3.8, 4) is 22.4 Å². The summed E-state index contributed by atoms with van der Waals surface area (Å²) in [7, 11) is 6.08. The van der Waals surface area contributed by atoms with Crippen LogP contribution in [0.4, 0.5) is 11.4 Å². The zero-order valence-electron chi connectivity index (χ0n) is 18.4. The Labute approximate surface area is 182 Å². The van der Waals surface area contributed by atoms with Crippen molar-refractivity contribution in [1.29, 1.82) is 0 Å². The Morgan fingerprint density at radius 3 is 2.74 bits per heavy atom. The summed E-state index contributed by atoms with van der Waals surface area (Å²) in [5.41, 5.74) is 9.10. The van der Waals surface area contributed by atoms with Gasteiger partial charge < -0.3 is 10.2 Å². The Hall–Kier alpha value is -3.61. The summed E-state index contributed by atoms with van der Waals surface area (Å²) in [5, 5.41) is 16.9. The van der Waals surface area contributed by atoms with Gasteiger partial charge in [0.25, 0.3) is 0 Å². The summed E-state index contributed by atoms with van der Waals surface area (Å²) in [6.07, 6.45) is 4.89. The molecule has 1 atom stereocenters. The summed E-state index contributed by atoms with van der Waals surface area (Å²) >= 11 is 0. The average molecular weight is 414 g/mol. The standard InChI is InChI=1S/C24H27N7/c1-16-24-21-9-8-17(18-14-25-30(4)15-18)12-22(21)23(10-11-31(24)28-27-16)26-19-6-5-7-20(13-19)29(2)3/h5-9,12-15,23,26H,10-11H2,1-4H3. The van der Waals surface area contributed by atoms with Gasteiger partial charge in [-0.1, -0.05) is 23.4 Å². The molecule has 1 unspecified atom stereocenters. The van der Waals surface area contributed by atoms with Gasteiger partial charge in [-0.15, -0.1) is 5.10 Å². The van der Waals surface area contributed by atoms with E-state index in [0.717, 1.165) is 35.6 Å². The molecule has 0 saturated heterocycles. The lowest BCUT2D eigenvalue weighted by molar-refractivity contribution is 0.539. The molecule has 4 aromatic rings. The van der Waals surface area contributed by atoms with Crippen molar-refractivity contribution >= 4 is 11.4 Å². The van der Waals surface area contributed by atoms with Crippen molar-refractivity contribution in [2.45, 2.75) is 25.9 Å². The van der Waals surface area contributed by atoms with Crippen molar-refractivity contribution in [1.82, 2.24) is 24.8 Å². The van der Waals surface area contributed by atoms with E-state index in [-0.39, 0.29) is 6.04 Å². The van der Waals surface area contributed by atoms with E-state index in [1.54, 1.807) is 0 Å². The first-order valence-corrected chi connectivity index (χ1v) is 10.6. The van der Waals surface area contributed by atoms with Gasteiger partial charge in [0.05, 0.1) is 23.6 Å². The summed E-state index contributed by atoms with van der Waals surface area (Å²) in [6, 6.07) is 15.4. The number of aryl methyl sites for hydroxylation is 3. The van der Waals surface area contributed by atoms with Crippen LogP contribution < -0.4 is 10.2 Å². The Morgan fingerprint density at radius 1 is 1.10 bits per heavy atom. The van der Waals surface area contributed by atoms with Crippen LogP contribution in [0.15, 0.2) is 54.9 Å². The fraction of sp³-hybridized carbons (Fsp3) is 0.292. The lowest BCUT2D eigenvalue weighted by Crippen LogP contribution is -2.14. The van der Waals surface area contributed by atoms with Gasteiger partial charge in [0, 0.05) is 56.4 Å². The highest BCUT2D eigenvalue weighted by Crippen LogP contribution is 2.39. The van der Waals surface area contributed by atoms with Gasteiger partial charge in [-0.25, -0.2) is 4.68 Å². The first kappa shape index (κ1) is 19.4. The molecule has 1 N–H and O–H groups in total. The highest BCUT2D eigenvalue weighted by Gasteiger charge is 2.26. The van der Waals surface area contributed by atoms with Gasteiger partial charge in [-0.3, -0.25) is 4.68 Å². The van der Waals surface area contributed by atoms with Crippen LogP contribution in [-0.4, -0.2) is 38.9 Å². The molecule has 1 aliphatic heterocycles. The molecule has 31 heavy (non-hydrogen) atoms. The summed E-state index contributed by atoms with van der Waals surface area (Å²) in [4.78, 5) is 2.12. The predicted octanol–water partition coefficient (Wildman–Crippen LogP) is 4.28. The van der Waals surface area contributed by atoms with Crippen molar-refractivity contribution < 1.29 is 0 Å². The molecular formula is C24H27N7. The molecule has 2 aromatic carbocycles. The molecule has 158 valence electrons. The fourth-order valence-corrected chi connectivity index (χ4v) is 4.34. The maximum atomic E-state index is 4.40. The Morgan fingerprint density at radius 2 is 1.97 bits per heavy atom. The average Bonchev–Trinajstić information content (AvgIpc) is 3.32. The Balaban J connectivity index is 1.60. The van der Waals surface area contributed by atoms with Gasteiger partial charge >= 0.3 is 0 Å². The van der Waals surface area contributed by atoms with Crippen LogP contribution in [0.1, 0.15) is 23.7 Å².